The molecule has 0 aromatic heterocycles. The smallest absolute Gasteiger partial charge is 0.311 e. The van der Waals surface area contributed by atoms with Crippen molar-refractivity contribution in [3.63, 3.8) is 0 Å². The van der Waals surface area contributed by atoms with E-state index >= 15 is 0 Å². The standard InChI is InChI=1S/C14H28O3/c1-4-17-13(16)14(2,3)11-9-7-5-6-8-10-12-15/h15H,4-12H2,1-3H3. The third kappa shape index (κ3) is 8.19. The second kappa shape index (κ2) is 9.46. The minimum atomic E-state index is -0.346. The van der Waals surface area contributed by atoms with Crippen LogP contribution in [0.15, 0.2) is 0 Å². The highest BCUT2D eigenvalue weighted by atomic mass is 16.5. The van der Waals surface area contributed by atoms with Gasteiger partial charge < -0.3 is 9.84 Å². The molecule has 1 N–H and O–H groups in total. The maximum Gasteiger partial charge on any atom is 0.311 e. The number of hydrogen-bond acceptors (Lipinski definition) is 3. The van der Waals surface area contributed by atoms with Crippen molar-refractivity contribution in [2.75, 3.05) is 13.2 Å². The van der Waals surface area contributed by atoms with Crippen LogP contribution in [0, 0.1) is 5.41 Å². The van der Waals surface area contributed by atoms with Gasteiger partial charge in [0.25, 0.3) is 0 Å². The summed E-state index contributed by atoms with van der Waals surface area (Å²) in [6, 6.07) is 0. The molecule has 0 saturated heterocycles. The predicted molar refractivity (Wildman–Crippen MR) is 69.8 cm³/mol. The maximum atomic E-state index is 11.6. The first kappa shape index (κ1) is 16.4. The number of ether oxygens (including phenoxy) is 1. The Morgan fingerprint density at radius 2 is 1.59 bits per heavy atom. The van der Waals surface area contributed by atoms with E-state index < -0.39 is 0 Å². The lowest BCUT2D eigenvalue weighted by Gasteiger charge is -2.21. The van der Waals surface area contributed by atoms with E-state index in [1.54, 1.807) is 0 Å². The largest absolute Gasteiger partial charge is 0.466 e. The Morgan fingerprint density at radius 3 is 2.12 bits per heavy atom. The molecule has 0 aliphatic rings. The molecular formula is C14H28O3. The lowest BCUT2D eigenvalue weighted by molar-refractivity contribution is -0.153. The molecule has 0 unspecified atom stereocenters. The van der Waals surface area contributed by atoms with Crippen LogP contribution >= 0.6 is 0 Å². The van der Waals surface area contributed by atoms with Gasteiger partial charge in [0.2, 0.25) is 0 Å². The van der Waals surface area contributed by atoms with E-state index in [-0.39, 0.29) is 11.4 Å². The van der Waals surface area contributed by atoms with Gasteiger partial charge in [0.15, 0.2) is 0 Å². The Hall–Kier alpha value is -0.570. The summed E-state index contributed by atoms with van der Waals surface area (Å²) in [4.78, 5) is 11.6. The molecule has 0 aliphatic carbocycles. The van der Waals surface area contributed by atoms with Gasteiger partial charge in [-0.2, -0.15) is 0 Å². The summed E-state index contributed by atoms with van der Waals surface area (Å²) < 4.78 is 5.05. The Labute approximate surface area is 106 Å². The van der Waals surface area contributed by atoms with Gasteiger partial charge in [0.05, 0.1) is 12.0 Å². The summed E-state index contributed by atoms with van der Waals surface area (Å²) in [5.41, 5.74) is -0.346. The van der Waals surface area contributed by atoms with Gasteiger partial charge in [0.1, 0.15) is 0 Å². The SMILES string of the molecule is CCOC(=O)C(C)(C)CCCCCCCCO. The van der Waals surface area contributed by atoms with Gasteiger partial charge >= 0.3 is 5.97 Å². The van der Waals surface area contributed by atoms with Crippen molar-refractivity contribution >= 4 is 5.97 Å². The van der Waals surface area contributed by atoms with Crippen LogP contribution in [-0.2, 0) is 9.53 Å². The summed E-state index contributed by atoms with van der Waals surface area (Å²) in [5.74, 6) is -0.0831. The van der Waals surface area contributed by atoms with E-state index in [4.69, 9.17) is 9.84 Å². The second-order valence-electron chi connectivity index (χ2n) is 5.20. The number of esters is 1. The van der Waals surface area contributed by atoms with Gasteiger partial charge in [-0.05, 0) is 33.6 Å². The monoisotopic (exact) mass is 244 g/mol. The number of carbonyl (C=O) groups excluding carboxylic acids is 1. The number of unbranched alkanes of at least 4 members (excludes halogenated alkanes) is 5. The zero-order chi connectivity index (χ0) is 13.1. The molecule has 0 amide bonds. The third-order valence-corrected chi connectivity index (χ3v) is 3.04. The van der Waals surface area contributed by atoms with Gasteiger partial charge in [0, 0.05) is 6.61 Å². The fourth-order valence-corrected chi connectivity index (χ4v) is 1.81. The number of carbonyl (C=O) groups is 1. The molecule has 0 aliphatic heterocycles. The highest BCUT2D eigenvalue weighted by molar-refractivity contribution is 5.75. The first-order valence-corrected chi connectivity index (χ1v) is 6.82. The summed E-state index contributed by atoms with van der Waals surface area (Å²) in [6.07, 6.45) is 7.52. The Balaban J connectivity index is 3.55. The quantitative estimate of drug-likeness (QED) is 0.474. The van der Waals surface area contributed by atoms with Crippen LogP contribution in [0.4, 0.5) is 0 Å². The predicted octanol–water partition coefficient (Wildman–Crippen LogP) is 3.30. The van der Waals surface area contributed by atoms with Crippen molar-refractivity contribution in [3.05, 3.63) is 0 Å². The fourth-order valence-electron chi connectivity index (χ4n) is 1.81. The topological polar surface area (TPSA) is 46.5 Å². The summed E-state index contributed by atoms with van der Waals surface area (Å²) >= 11 is 0. The Kier molecular flexibility index (Phi) is 9.14. The highest BCUT2D eigenvalue weighted by Gasteiger charge is 2.28. The molecule has 0 bridgehead atoms. The molecule has 0 aromatic carbocycles. The van der Waals surface area contributed by atoms with Crippen molar-refractivity contribution in [2.24, 2.45) is 5.41 Å². The molecule has 102 valence electrons. The molecular weight excluding hydrogens is 216 g/mol. The van der Waals surface area contributed by atoms with Crippen LogP contribution in [0.1, 0.15) is 65.7 Å². The van der Waals surface area contributed by atoms with E-state index in [2.05, 4.69) is 0 Å². The molecule has 3 nitrogen and oxygen atoms in total. The lowest BCUT2D eigenvalue weighted by atomic mass is 9.87. The molecule has 0 rings (SSSR count). The van der Waals surface area contributed by atoms with Crippen LogP contribution in [0.2, 0.25) is 0 Å². The normalized spacial score (nSPS) is 11.5. The maximum absolute atomic E-state index is 11.6. The van der Waals surface area contributed by atoms with Crippen LogP contribution in [0.3, 0.4) is 0 Å². The molecule has 0 heterocycles. The van der Waals surface area contributed by atoms with E-state index in [0.717, 1.165) is 32.1 Å². The van der Waals surface area contributed by atoms with E-state index in [1.807, 2.05) is 20.8 Å². The minimum Gasteiger partial charge on any atom is -0.466 e. The lowest BCUT2D eigenvalue weighted by Crippen LogP contribution is -2.26. The third-order valence-electron chi connectivity index (χ3n) is 3.04. The second-order valence-corrected chi connectivity index (χ2v) is 5.20. The number of hydrogen-bond donors (Lipinski definition) is 1. The van der Waals surface area contributed by atoms with E-state index in [9.17, 15) is 4.79 Å². The van der Waals surface area contributed by atoms with Crippen molar-refractivity contribution in [3.8, 4) is 0 Å². The number of rotatable bonds is 10. The van der Waals surface area contributed by atoms with Gasteiger partial charge in [-0.3, -0.25) is 4.79 Å². The van der Waals surface area contributed by atoms with Crippen LogP contribution < -0.4 is 0 Å². The molecule has 0 atom stereocenters. The summed E-state index contributed by atoms with van der Waals surface area (Å²) in [7, 11) is 0. The van der Waals surface area contributed by atoms with Crippen LogP contribution in [0.25, 0.3) is 0 Å². The molecule has 0 radical (unpaired) electrons. The van der Waals surface area contributed by atoms with Crippen molar-refractivity contribution < 1.29 is 14.6 Å². The molecule has 17 heavy (non-hydrogen) atoms. The molecule has 0 aromatic rings. The molecule has 0 fully saturated rings. The first-order valence-electron chi connectivity index (χ1n) is 6.82. The zero-order valence-electron chi connectivity index (χ0n) is 11.6. The van der Waals surface area contributed by atoms with Crippen LogP contribution in [-0.4, -0.2) is 24.3 Å². The van der Waals surface area contributed by atoms with Crippen LogP contribution in [0.5, 0.6) is 0 Å². The zero-order valence-corrected chi connectivity index (χ0v) is 11.6. The summed E-state index contributed by atoms with van der Waals surface area (Å²) in [6.45, 7) is 6.52. The van der Waals surface area contributed by atoms with E-state index in [1.165, 1.54) is 12.8 Å². The van der Waals surface area contributed by atoms with Crippen molar-refractivity contribution in [2.45, 2.75) is 65.7 Å². The summed E-state index contributed by atoms with van der Waals surface area (Å²) in [5, 5.41) is 8.64. The Bertz CT molecular complexity index is 200. The van der Waals surface area contributed by atoms with Crippen molar-refractivity contribution in [1.29, 1.82) is 0 Å². The fraction of sp³-hybridized carbons (Fsp3) is 0.929. The average Bonchev–Trinajstić information content (AvgIpc) is 2.28. The van der Waals surface area contributed by atoms with Gasteiger partial charge in [-0.15, -0.1) is 0 Å². The average molecular weight is 244 g/mol. The first-order chi connectivity index (χ1) is 8.04. The molecule has 3 heteroatoms. The Morgan fingerprint density at radius 1 is 1.06 bits per heavy atom. The highest BCUT2D eigenvalue weighted by Crippen LogP contribution is 2.25. The minimum absolute atomic E-state index is 0.0831. The van der Waals surface area contributed by atoms with Crippen molar-refractivity contribution in [1.82, 2.24) is 0 Å². The molecule has 0 saturated carbocycles. The number of aliphatic hydroxyl groups excluding tert-OH is 1. The van der Waals surface area contributed by atoms with E-state index in [0.29, 0.717) is 13.2 Å². The molecule has 0 spiro atoms. The van der Waals surface area contributed by atoms with Gasteiger partial charge in [-0.25, -0.2) is 0 Å². The van der Waals surface area contributed by atoms with Gasteiger partial charge in [-0.1, -0.05) is 32.1 Å². The number of aliphatic hydroxyl groups is 1.